The van der Waals surface area contributed by atoms with E-state index in [2.05, 4.69) is 10.4 Å². The van der Waals surface area contributed by atoms with Gasteiger partial charge in [-0.05, 0) is 40.0 Å². The van der Waals surface area contributed by atoms with Crippen molar-refractivity contribution in [2.24, 2.45) is 0 Å². The van der Waals surface area contributed by atoms with E-state index in [1.165, 1.54) is 7.11 Å². The van der Waals surface area contributed by atoms with Crippen molar-refractivity contribution >= 4 is 17.6 Å². The second kappa shape index (κ2) is 5.74. The fourth-order valence-electron chi connectivity index (χ4n) is 3.01. The molecule has 6 heteroatoms. The SMILES string of the molecule is COC(=O)C1(NC(C)C)CCC(n2cc(Cl)c(C)n2)C1. The van der Waals surface area contributed by atoms with E-state index in [1.807, 2.05) is 31.6 Å². The summed E-state index contributed by atoms with van der Waals surface area (Å²) < 4.78 is 6.87. The van der Waals surface area contributed by atoms with Crippen LogP contribution in [0.1, 0.15) is 44.8 Å². The van der Waals surface area contributed by atoms with Gasteiger partial charge in [-0.25, -0.2) is 0 Å². The van der Waals surface area contributed by atoms with Gasteiger partial charge in [0.1, 0.15) is 5.54 Å². The van der Waals surface area contributed by atoms with Crippen LogP contribution in [-0.2, 0) is 9.53 Å². The van der Waals surface area contributed by atoms with Crippen molar-refractivity contribution in [2.45, 2.75) is 57.7 Å². The number of nitrogens with zero attached hydrogens (tertiary/aromatic N) is 2. The average Bonchev–Trinajstić information content (AvgIpc) is 2.94. The molecule has 0 aliphatic heterocycles. The van der Waals surface area contributed by atoms with E-state index in [0.29, 0.717) is 11.4 Å². The summed E-state index contributed by atoms with van der Waals surface area (Å²) >= 11 is 6.06. The number of halogens is 1. The molecule has 20 heavy (non-hydrogen) atoms. The number of carbonyl (C=O) groups is 1. The second-order valence-corrected chi connectivity index (χ2v) is 6.22. The van der Waals surface area contributed by atoms with Gasteiger partial charge in [-0.15, -0.1) is 0 Å². The molecule has 0 saturated heterocycles. The Labute approximate surface area is 124 Å². The normalized spacial score (nSPS) is 26.2. The van der Waals surface area contributed by atoms with Gasteiger partial charge in [0.15, 0.2) is 0 Å². The molecule has 0 radical (unpaired) electrons. The monoisotopic (exact) mass is 299 g/mol. The highest BCUT2D eigenvalue weighted by Crippen LogP contribution is 2.39. The topological polar surface area (TPSA) is 56.1 Å². The summed E-state index contributed by atoms with van der Waals surface area (Å²) in [5.74, 6) is -0.191. The minimum atomic E-state index is -0.611. The Balaban J connectivity index is 2.20. The predicted molar refractivity (Wildman–Crippen MR) is 77.9 cm³/mol. The fraction of sp³-hybridized carbons (Fsp3) is 0.714. The van der Waals surface area contributed by atoms with E-state index in [9.17, 15) is 4.79 Å². The van der Waals surface area contributed by atoms with Gasteiger partial charge < -0.3 is 4.74 Å². The minimum absolute atomic E-state index is 0.173. The van der Waals surface area contributed by atoms with Crippen molar-refractivity contribution in [3.8, 4) is 0 Å². The number of ether oxygens (including phenoxy) is 1. The molecule has 1 aliphatic rings. The van der Waals surface area contributed by atoms with Crippen LogP contribution in [0.5, 0.6) is 0 Å². The van der Waals surface area contributed by atoms with Crippen LogP contribution in [0.2, 0.25) is 5.02 Å². The highest BCUT2D eigenvalue weighted by atomic mass is 35.5. The van der Waals surface area contributed by atoms with Crippen LogP contribution < -0.4 is 5.32 Å². The molecule has 2 rings (SSSR count). The van der Waals surface area contributed by atoms with Crippen LogP contribution >= 0.6 is 11.6 Å². The number of aromatic nitrogens is 2. The quantitative estimate of drug-likeness (QED) is 0.868. The van der Waals surface area contributed by atoms with E-state index in [1.54, 1.807) is 0 Å². The largest absolute Gasteiger partial charge is 0.468 e. The van der Waals surface area contributed by atoms with Crippen molar-refractivity contribution in [1.29, 1.82) is 0 Å². The Morgan fingerprint density at radius 2 is 2.35 bits per heavy atom. The summed E-state index contributed by atoms with van der Waals surface area (Å²) in [4.78, 5) is 12.2. The Hall–Kier alpha value is -1.07. The van der Waals surface area contributed by atoms with E-state index >= 15 is 0 Å². The summed E-state index contributed by atoms with van der Waals surface area (Å²) in [6.45, 7) is 5.95. The lowest BCUT2D eigenvalue weighted by Gasteiger charge is -2.30. The zero-order valence-electron chi connectivity index (χ0n) is 12.4. The molecule has 112 valence electrons. The summed E-state index contributed by atoms with van der Waals surface area (Å²) in [5.41, 5.74) is 0.207. The fourth-order valence-corrected chi connectivity index (χ4v) is 3.15. The second-order valence-electron chi connectivity index (χ2n) is 5.81. The number of carbonyl (C=O) groups excluding carboxylic acids is 1. The first-order chi connectivity index (χ1) is 9.38. The standard InChI is InChI=1S/C14H22ClN3O2/c1-9(2)16-14(13(19)20-4)6-5-11(7-14)18-8-12(15)10(3)17-18/h8-9,11,16H,5-7H2,1-4H3. The van der Waals surface area contributed by atoms with Gasteiger partial charge in [0.25, 0.3) is 0 Å². The van der Waals surface area contributed by atoms with Crippen LogP contribution in [0.25, 0.3) is 0 Å². The molecule has 0 spiro atoms. The van der Waals surface area contributed by atoms with E-state index < -0.39 is 5.54 Å². The van der Waals surface area contributed by atoms with Crippen LogP contribution in [0.15, 0.2) is 6.20 Å². The Kier molecular flexibility index (Phi) is 4.39. The molecule has 0 aromatic carbocycles. The molecular formula is C14H22ClN3O2. The number of methoxy groups -OCH3 is 1. The van der Waals surface area contributed by atoms with Crippen molar-refractivity contribution in [3.63, 3.8) is 0 Å². The van der Waals surface area contributed by atoms with Gasteiger partial charge in [-0.1, -0.05) is 11.6 Å². The summed E-state index contributed by atoms with van der Waals surface area (Å²) in [7, 11) is 1.44. The molecule has 2 unspecified atom stereocenters. The first-order valence-electron chi connectivity index (χ1n) is 6.95. The maximum atomic E-state index is 12.2. The molecule has 1 aromatic rings. The average molecular weight is 300 g/mol. The van der Waals surface area contributed by atoms with Gasteiger partial charge >= 0.3 is 5.97 Å². The van der Waals surface area contributed by atoms with Crippen molar-refractivity contribution in [2.75, 3.05) is 7.11 Å². The van der Waals surface area contributed by atoms with Crippen LogP contribution in [0.3, 0.4) is 0 Å². The number of hydrogen-bond acceptors (Lipinski definition) is 4. The molecule has 1 aromatic heterocycles. The van der Waals surface area contributed by atoms with Crippen LogP contribution in [0, 0.1) is 6.92 Å². The zero-order valence-corrected chi connectivity index (χ0v) is 13.2. The molecule has 5 nitrogen and oxygen atoms in total. The van der Waals surface area contributed by atoms with E-state index in [4.69, 9.17) is 16.3 Å². The van der Waals surface area contributed by atoms with Gasteiger partial charge in [0.05, 0.1) is 23.9 Å². The molecular weight excluding hydrogens is 278 g/mol. The lowest BCUT2D eigenvalue weighted by molar-refractivity contribution is -0.148. The minimum Gasteiger partial charge on any atom is -0.468 e. The lowest BCUT2D eigenvalue weighted by atomic mass is 9.96. The van der Waals surface area contributed by atoms with Crippen LogP contribution in [-0.4, -0.2) is 34.4 Å². The van der Waals surface area contributed by atoms with Crippen molar-refractivity contribution in [3.05, 3.63) is 16.9 Å². The van der Waals surface area contributed by atoms with E-state index in [0.717, 1.165) is 18.5 Å². The Morgan fingerprint density at radius 3 is 2.85 bits per heavy atom. The van der Waals surface area contributed by atoms with Crippen molar-refractivity contribution in [1.82, 2.24) is 15.1 Å². The number of esters is 1. The summed E-state index contributed by atoms with van der Waals surface area (Å²) in [6, 6.07) is 0.391. The van der Waals surface area contributed by atoms with Gasteiger partial charge in [-0.2, -0.15) is 5.10 Å². The molecule has 1 fully saturated rings. The van der Waals surface area contributed by atoms with Gasteiger partial charge in [0.2, 0.25) is 0 Å². The van der Waals surface area contributed by atoms with Crippen LogP contribution in [0.4, 0.5) is 0 Å². The lowest BCUT2D eigenvalue weighted by Crippen LogP contribution is -2.53. The third-order valence-corrected chi connectivity index (χ3v) is 4.23. The third kappa shape index (κ3) is 2.83. The number of hydrogen-bond donors (Lipinski definition) is 1. The third-order valence-electron chi connectivity index (χ3n) is 3.86. The predicted octanol–water partition coefficient (Wildman–Crippen LogP) is 2.48. The smallest absolute Gasteiger partial charge is 0.326 e. The molecule has 0 amide bonds. The molecule has 1 aliphatic carbocycles. The highest BCUT2D eigenvalue weighted by molar-refractivity contribution is 6.31. The zero-order chi connectivity index (χ0) is 14.9. The Morgan fingerprint density at radius 1 is 1.65 bits per heavy atom. The molecule has 0 bridgehead atoms. The maximum absolute atomic E-state index is 12.2. The molecule has 1 N–H and O–H groups in total. The Bertz CT molecular complexity index is 481. The number of rotatable bonds is 4. The first-order valence-corrected chi connectivity index (χ1v) is 7.33. The summed E-state index contributed by atoms with van der Waals surface area (Å²) in [5, 5.41) is 8.47. The summed E-state index contributed by atoms with van der Waals surface area (Å²) in [6.07, 6.45) is 4.14. The van der Waals surface area contributed by atoms with Gasteiger partial charge in [-0.3, -0.25) is 14.8 Å². The molecule has 2 atom stereocenters. The number of nitrogens with one attached hydrogen (secondary N) is 1. The number of aryl methyl sites for hydroxylation is 1. The first kappa shape index (κ1) is 15.3. The maximum Gasteiger partial charge on any atom is 0.326 e. The van der Waals surface area contributed by atoms with Gasteiger partial charge in [0, 0.05) is 12.2 Å². The molecule has 1 heterocycles. The molecule has 1 saturated carbocycles. The highest BCUT2D eigenvalue weighted by Gasteiger charge is 2.47. The van der Waals surface area contributed by atoms with E-state index in [-0.39, 0.29) is 18.1 Å². The van der Waals surface area contributed by atoms with Crippen molar-refractivity contribution < 1.29 is 9.53 Å².